The van der Waals surface area contributed by atoms with Crippen LogP contribution in [0.15, 0.2) is 24.3 Å². The Labute approximate surface area is 118 Å². The second kappa shape index (κ2) is 6.89. The third-order valence-corrected chi connectivity index (χ3v) is 3.42. The van der Waals surface area contributed by atoms with E-state index in [1.807, 2.05) is 0 Å². The summed E-state index contributed by atoms with van der Waals surface area (Å²) in [7, 11) is 0. The Hall–Kier alpha value is -1.10. The van der Waals surface area contributed by atoms with Crippen LogP contribution in [-0.4, -0.2) is 31.2 Å². The molecule has 5 heteroatoms. The number of halogens is 1. The molecule has 2 rings (SSSR count). The van der Waals surface area contributed by atoms with Crippen molar-refractivity contribution >= 4 is 23.2 Å². The molecule has 0 spiro atoms. The molecule has 1 fully saturated rings. The van der Waals surface area contributed by atoms with Gasteiger partial charge in [-0.25, -0.2) is 0 Å². The fraction of sp³-hybridized carbons (Fsp3) is 0.500. The van der Waals surface area contributed by atoms with Gasteiger partial charge in [0.25, 0.3) is 0 Å². The molecule has 1 heterocycles. The summed E-state index contributed by atoms with van der Waals surface area (Å²) in [4.78, 5) is 11.8. The van der Waals surface area contributed by atoms with Gasteiger partial charge in [-0.2, -0.15) is 0 Å². The lowest BCUT2D eigenvalue weighted by molar-refractivity contribution is -0.115. The standard InChI is InChI=1S/C14H19ClN2O2/c1-10-8-13(6-7-19-10)16-9-14(18)17-12-4-2-11(15)3-5-12/h2-5,10,13,16H,6-9H2,1H3,(H,17,18). The van der Waals surface area contributed by atoms with Gasteiger partial charge >= 0.3 is 0 Å². The lowest BCUT2D eigenvalue weighted by Gasteiger charge is -2.27. The molecule has 1 aromatic carbocycles. The number of carbonyl (C=O) groups is 1. The quantitative estimate of drug-likeness (QED) is 0.892. The van der Waals surface area contributed by atoms with Gasteiger partial charge < -0.3 is 15.4 Å². The van der Waals surface area contributed by atoms with Crippen molar-refractivity contribution in [3.05, 3.63) is 29.3 Å². The molecule has 0 bridgehead atoms. The highest BCUT2D eigenvalue weighted by molar-refractivity contribution is 6.30. The van der Waals surface area contributed by atoms with Crippen LogP contribution < -0.4 is 10.6 Å². The molecule has 2 unspecified atom stereocenters. The first-order chi connectivity index (χ1) is 9.13. The SMILES string of the molecule is CC1CC(NCC(=O)Nc2ccc(Cl)cc2)CCO1. The number of nitrogens with one attached hydrogen (secondary N) is 2. The number of hydrogen-bond acceptors (Lipinski definition) is 3. The number of rotatable bonds is 4. The Balaban J connectivity index is 1.73. The first-order valence-corrected chi connectivity index (χ1v) is 6.91. The van der Waals surface area contributed by atoms with Gasteiger partial charge in [0, 0.05) is 23.4 Å². The van der Waals surface area contributed by atoms with Crippen molar-refractivity contribution in [1.82, 2.24) is 5.32 Å². The highest BCUT2D eigenvalue weighted by atomic mass is 35.5. The van der Waals surface area contributed by atoms with Crippen LogP contribution in [0.3, 0.4) is 0 Å². The summed E-state index contributed by atoms with van der Waals surface area (Å²) in [6.07, 6.45) is 2.18. The summed E-state index contributed by atoms with van der Waals surface area (Å²) in [5, 5.41) is 6.75. The lowest BCUT2D eigenvalue weighted by Crippen LogP contribution is -2.41. The van der Waals surface area contributed by atoms with Crippen molar-refractivity contribution in [2.75, 3.05) is 18.5 Å². The number of ether oxygens (including phenoxy) is 1. The fourth-order valence-electron chi connectivity index (χ4n) is 2.16. The van der Waals surface area contributed by atoms with E-state index >= 15 is 0 Å². The van der Waals surface area contributed by atoms with Gasteiger partial charge in [-0.05, 0) is 44.0 Å². The third-order valence-electron chi connectivity index (χ3n) is 3.16. The maximum Gasteiger partial charge on any atom is 0.238 e. The maximum atomic E-state index is 11.8. The zero-order chi connectivity index (χ0) is 13.7. The van der Waals surface area contributed by atoms with E-state index in [1.54, 1.807) is 24.3 Å². The predicted molar refractivity (Wildman–Crippen MR) is 76.5 cm³/mol. The van der Waals surface area contributed by atoms with Gasteiger partial charge in [-0.3, -0.25) is 4.79 Å². The van der Waals surface area contributed by atoms with Crippen LogP contribution in [0.5, 0.6) is 0 Å². The Kier molecular flexibility index (Phi) is 5.19. The largest absolute Gasteiger partial charge is 0.378 e. The average Bonchev–Trinajstić information content (AvgIpc) is 2.39. The van der Waals surface area contributed by atoms with Crippen molar-refractivity contribution in [1.29, 1.82) is 0 Å². The van der Waals surface area contributed by atoms with Crippen LogP contribution >= 0.6 is 11.6 Å². The number of anilines is 1. The zero-order valence-corrected chi connectivity index (χ0v) is 11.7. The van der Waals surface area contributed by atoms with Crippen molar-refractivity contribution in [3.8, 4) is 0 Å². The molecule has 1 aliphatic heterocycles. The van der Waals surface area contributed by atoms with Crippen LogP contribution in [0.25, 0.3) is 0 Å². The summed E-state index contributed by atoms with van der Waals surface area (Å²) in [6.45, 7) is 3.14. The lowest BCUT2D eigenvalue weighted by atomic mass is 10.0. The number of amides is 1. The summed E-state index contributed by atoms with van der Waals surface area (Å²) in [6, 6.07) is 7.45. The van der Waals surface area contributed by atoms with Crippen LogP contribution in [0, 0.1) is 0 Å². The maximum absolute atomic E-state index is 11.8. The first kappa shape index (κ1) is 14.3. The van der Waals surface area contributed by atoms with Crippen molar-refractivity contribution in [2.45, 2.75) is 31.9 Å². The minimum absolute atomic E-state index is 0.0403. The molecule has 0 aromatic heterocycles. The van der Waals surface area contributed by atoms with Gasteiger partial charge in [0.05, 0.1) is 12.6 Å². The fourth-order valence-corrected chi connectivity index (χ4v) is 2.28. The summed E-state index contributed by atoms with van der Waals surface area (Å²) >= 11 is 5.79. The van der Waals surface area contributed by atoms with Gasteiger partial charge in [0.15, 0.2) is 0 Å². The zero-order valence-electron chi connectivity index (χ0n) is 11.0. The smallest absolute Gasteiger partial charge is 0.238 e. The molecule has 1 aliphatic rings. The Morgan fingerprint density at radius 3 is 2.84 bits per heavy atom. The van der Waals surface area contributed by atoms with Crippen LogP contribution in [-0.2, 0) is 9.53 Å². The molecule has 0 radical (unpaired) electrons. The van der Waals surface area contributed by atoms with E-state index in [0.29, 0.717) is 17.6 Å². The van der Waals surface area contributed by atoms with Crippen molar-refractivity contribution < 1.29 is 9.53 Å². The van der Waals surface area contributed by atoms with Crippen molar-refractivity contribution in [3.63, 3.8) is 0 Å². The van der Waals surface area contributed by atoms with Gasteiger partial charge in [0.1, 0.15) is 0 Å². The monoisotopic (exact) mass is 282 g/mol. The van der Waals surface area contributed by atoms with E-state index < -0.39 is 0 Å². The second-order valence-electron chi connectivity index (χ2n) is 4.84. The number of hydrogen-bond donors (Lipinski definition) is 2. The van der Waals surface area contributed by atoms with Gasteiger partial charge in [0.2, 0.25) is 5.91 Å². The Bertz CT molecular complexity index is 422. The Morgan fingerprint density at radius 2 is 2.16 bits per heavy atom. The molecule has 2 atom stereocenters. The van der Waals surface area contributed by atoms with E-state index in [4.69, 9.17) is 16.3 Å². The molecule has 2 N–H and O–H groups in total. The second-order valence-corrected chi connectivity index (χ2v) is 5.28. The molecule has 1 amide bonds. The molecule has 1 aromatic rings. The van der Waals surface area contributed by atoms with Gasteiger partial charge in [-0.15, -0.1) is 0 Å². The van der Waals surface area contributed by atoms with E-state index in [0.717, 1.165) is 25.1 Å². The molecule has 1 saturated heterocycles. The number of carbonyl (C=O) groups excluding carboxylic acids is 1. The summed E-state index contributed by atoms with van der Waals surface area (Å²) in [5.74, 6) is -0.0403. The molecule has 19 heavy (non-hydrogen) atoms. The minimum atomic E-state index is -0.0403. The highest BCUT2D eigenvalue weighted by Crippen LogP contribution is 2.14. The van der Waals surface area contributed by atoms with E-state index in [1.165, 1.54) is 0 Å². The van der Waals surface area contributed by atoms with Gasteiger partial charge in [-0.1, -0.05) is 11.6 Å². The molecule has 104 valence electrons. The summed E-state index contributed by atoms with van der Waals surface area (Å²) in [5.41, 5.74) is 0.761. The van der Waals surface area contributed by atoms with E-state index in [9.17, 15) is 4.79 Å². The Morgan fingerprint density at radius 1 is 1.42 bits per heavy atom. The van der Waals surface area contributed by atoms with E-state index in [2.05, 4.69) is 17.6 Å². The van der Waals surface area contributed by atoms with Crippen LogP contribution in [0.1, 0.15) is 19.8 Å². The topological polar surface area (TPSA) is 50.4 Å². The third kappa shape index (κ3) is 4.82. The minimum Gasteiger partial charge on any atom is -0.378 e. The molecule has 4 nitrogen and oxygen atoms in total. The van der Waals surface area contributed by atoms with Crippen LogP contribution in [0.4, 0.5) is 5.69 Å². The van der Waals surface area contributed by atoms with E-state index in [-0.39, 0.29) is 12.0 Å². The normalized spacial score (nSPS) is 23.1. The average molecular weight is 283 g/mol. The molecule has 0 saturated carbocycles. The summed E-state index contributed by atoms with van der Waals surface area (Å²) < 4.78 is 5.47. The predicted octanol–water partition coefficient (Wildman–Crippen LogP) is 2.44. The highest BCUT2D eigenvalue weighted by Gasteiger charge is 2.19. The molecular weight excluding hydrogens is 264 g/mol. The molecule has 0 aliphatic carbocycles. The number of benzene rings is 1. The first-order valence-electron chi connectivity index (χ1n) is 6.54. The van der Waals surface area contributed by atoms with Crippen LogP contribution in [0.2, 0.25) is 5.02 Å². The van der Waals surface area contributed by atoms with Crippen molar-refractivity contribution in [2.24, 2.45) is 0 Å². The molecular formula is C14H19ClN2O2.